The Kier molecular flexibility index (Phi) is 4.85. The summed E-state index contributed by atoms with van der Waals surface area (Å²) in [5.41, 5.74) is 2.57. The molecule has 1 nitrogen and oxygen atoms in total. The van der Waals surface area contributed by atoms with Crippen molar-refractivity contribution in [3.8, 4) is 0 Å². The molecule has 1 atom stereocenters. The lowest BCUT2D eigenvalue weighted by Gasteiger charge is -2.39. The maximum atomic E-state index is 11.1. The van der Waals surface area contributed by atoms with Gasteiger partial charge in [-0.1, -0.05) is 91.0 Å². The van der Waals surface area contributed by atoms with E-state index in [1.54, 1.807) is 0 Å². The first-order chi connectivity index (χ1) is 11.3. The molecule has 0 aliphatic carbocycles. The van der Waals surface area contributed by atoms with Crippen LogP contribution in [-0.4, -0.2) is 17.0 Å². The average molecular weight is 320 g/mol. The summed E-state index contributed by atoms with van der Waals surface area (Å²) >= 11 is 4.41. The monoisotopic (exact) mass is 320 g/mol. The highest BCUT2D eigenvalue weighted by Crippen LogP contribution is 2.42. The minimum absolute atomic E-state index is 0.374. The zero-order valence-electron chi connectivity index (χ0n) is 12.8. The van der Waals surface area contributed by atoms with Gasteiger partial charge in [-0.25, -0.2) is 0 Å². The molecule has 1 N–H and O–H groups in total. The molecule has 0 radical (unpaired) electrons. The fourth-order valence-corrected chi connectivity index (χ4v) is 3.59. The molecule has 2 heteroatoms. The Bertz CT molecular complexity index is 629. The summed E-state index contributed by atoms with van der Waals surface area (Å²) in [6.07, 6.45) is -0.641. The minimum Gasteiger partial charge on any atom is -0.391 e. The molecule has 0 aromatic heterocycles. The van der Waals surface area contributed by atoms with E-state index in [9.17, 15) is 5.11 Å². The highest BCUT2D eigenvalue weighted by molar-refractivity contribution is 7.80. The van der Waals surface area contributed by atoms with Crippen molar-refractivity contribution < 1.29 is 5.11 Å². The maximum Gasteiger partial charge on any atom is 0.0805 e. The van der Waals surface area contributed by atoms with Crippen LogP contribution in [0, 0.1) is 0 Å². The first-order valence-corrected chi connectivity index (χ1v) is 8.39. The molecule has 0 spiro atoms. The summed E-state index contributed by atoms with van der Waals surface area (Å²) in [5.74, 6) is 0.374. The fraction of sp³-hybridized carbons (Fsp3) is 0.143. The van der Waals surface area contributed by atoms with Crippen molar-refractivity contribution in [2.45, 2.75) is 11.5 Å². The van der Waals surface area contributed by atoms with Crippen molar-refractivity contribution in [2.24, 2.45) is 0 Å². The summed E-state index contributed by atoms with van der Waals surface area (Å²) in [6, 6.07) is 30.5. The Balaban J connectivity index is 2.35. The maximum absolute atomic E-state index is 11.1. The van der Waals surface area contributed by atoms with Gasteiger partial charge in [0.2, 0.25) is 0 Å². The van der Waals surface area contributed by atoms with Gasteiger partial charge in [0.15, 0.2) is 0 Å². The van der Waals surface area contributed by atoms with Gasteiger partial charge in [0.05, 0.1) is 11.5 Å². The van der Waals surface area contributed by atoms with Crippen LogP contribution >= 0.6 is 12.6 Å². The standard InChI is InChI=1S/C21H20OS/c22-20(16-23)21(17-10-4-1-5-11-17,18-12-6-2-7-13-18)19-14-8-3-9-15-19/h1-15,20,22-23H,16H2/t20-/m1/s1. The summed E-state index contributed by atoms with van der Waals surface area (Å²) in [7, 11) is 0. The molecule has 0 saturated heterocycles. The molecule has 3 aromatic rings. The SMILES string of the molecule is O[C@H](CS)C(c1ccccc1)(c1ccccc1)c1ccccc1. The van der Waals surface area contributed by atoms with E-state index in [1.165, 1.54) is 0 Å². The van der Waals surface area contributed by atoms with Crippen LogP contribution in [-0.2, 0) is 5.41 Å². The lowest BCUT2D eigenvalue weighted by Crippen LogP contribution is -2.43. The topological polar surface area (TPSA) is 20.2 Å². The molecule has 3 aromatic carbocycles. The van der Waals surface area contributed by atoms with Gasteiger partial charge in [-0.2, -0.15) is 12.6 Å². The molecule has 0 bridgehead atoms. The number of hydrogen-bond acceptors (Lipinski definition) is 2. The predicted molar refractivity (Wildman–Crippen MR) is 99.1 cm³/mol. The fourth-order valence-electron chi connectivity index (χ4n) is 3.32. The normalized spacial score (nSPS) is 12.8. The van der Waals surface area contributed by atoms with Crippen molar-refractivity contribution in [1.29, 1.82) is 0 Å². The van der Waals surface area contributed by atoms with Gasteiger partial charge in [-0.3, -0.25) is 0 Å². The zero-order valence-corrected chi connectivity index (χ0v) is 13.7. The van der Waals surface area contributed by atoms with Gasteiger partial charge in [0, 0.05) is 5.75 Å². The first kappa shape index (κ1) is 15.9. The molecule has 0 fully saturated rings. The highest BCUT2D eigenvalue weighted by atomic mass is 32.1. The zero-order chi connectivity index (χ0) is 16.1. The minimum atomic E-state index is -0.641. The second-order valence-corrected chi connectivity index (χ2v) is 5.97. The van der Waals surface area contributed by atoms with E-state index in [-0.39, 0.29) is 0 Å². The van der Waals surface area contributed by atoms with E-state index in [2.05, 4.69) is 49.0 Å². The van der Waals surface area contributed by atoms with E-state index < -0.39 is 11.5 Å². The molecule has 3 rings (SSSR count). The molecule has 23 heavy (non-hydrogen) atoms. The van der Waals surface area contributed by atoms with Gasteiger partial charge in [0.1, 0.15) is 0 Å². The number of thiol groups is 1. The molecular formula is C21H20OS. The molecule has 116 valence electrons. The summed E-state index contributed by atoms with van der Waals surface area (Å²) < 4.78 is 0. The largest absolute Gasteiger partial charge is 0.391 e. The number of aliphatic hydroxyl groups is 1. The van der Waals surface area contributed by atoms with E-state index in [0.29, 0.717) is 5.75 Å². The van der Waals surface area contributed by atoms with Crippen molar-refractivity contribution in [1.82, 2.24) is 0 Å². The van der Waals surface area contributed by atoms with Crippen molar-refractivity contribution in [2.75, 3.05) is 5.75 Å². The van der Waals surface area contributed by atoms with Crippen LogP contribution in [0.1, 0.15) is 16.7 Å². The highest BCUT2D eigenvalue weighted by Gasteiger charge is 2.42. The summed E-state index contributed by atoms with van der Waals surface area (Å²) in [6.45, 7) is 0. The van der Waals surface area contributed by atoms with Crippen molar-refractivity contribution in [3.05, 3.63) is 108 Å². The molecule has 0 aliphatic rings. The number of hydrogen-bond donors (Lipinski definition) is 2. The van der Waals surface area contributed by atoms with Crippen LogP contribution in [0.4, 0.5) is 0 Å². The van der Waals surface area contributed by atoms with Crippen LogP contribution in [0.15, 0.2) is 91.0 Å². The third kappa shape index (κ3) is 2.80. The van der Waals surface area contributed by atoms with Crippen LogP contribution in [0.2, 0.25) is 0 Å². The van der Waals surface area contributed by atoms with Crippen LogP contribution < -0.4 is 0 Å². The third-order valence-electron chi connectivity index (χ3n) is 4.36. The molecular weight excluding hydrogens is 300 g/mol. The third-order valence-corrected chi connectivity index (χ3v) is 4.71. The lowest BCUT2D eigenvalue weighted by atomic mass is 9.66. The number of benzene rings is 3. The van der Waals surface area contributed by atoms with Crippen LogP contribution in [0.25, 0.3) is 0 Å². The quantitative estimate of drug-likeness (QED) is 0.530. The smallest absolute Gasteiger partial charge is 0.0805 e. The average Bonchev–Trinajstić information content (AvgIpc) is 2.65. The Morgan fingerprint density at radius 1 is 0.652 bits per heavy atom. The van der Waals surface area contributed by atoms with Gasteiger partial charge in [0.25, 0.3) is 0 Å². The first-order valence-electron chi connectivity index (χ1n) is 7.75. The van der Waals surface area contributed by atoms with E-state index in [1.807, 2.05) is 54.6 Å². The molecule has 0 heterocycles. The summed E-state index contributed by atoms with van der Waals surface area (Å²) in [4.78, 5) is 0. The van der Waals surface area contributed by atoms with Gasteiger partial charge in [-0.15, -0.1) is 0 Å². The van der Waals surface area contributed by atoms with Crippen LogP contribution in [0.5, 0.6) is 0 Å². The Morgan fingerprint density at radius 2 is 0.957 bits per heavy atom. The Hall–Kier alpha value is -2.03. The second kappa shape index (κ2) is 7.03. The Labute approximate surface area is 143 Å². The molecule has 0 amide bonds. The van der Waals surface area contributed by atoms with Crippen molar-refractivity contribution in [3.63, 3.8) is 0 Å². The number of rotatable bonds is 5. The van der Waals surface area contributed by atoms with Crippen molar-refractivity contribution >= 4 is 12.6 Å². The second-order valence-electron chi connectivity index (χ2n) is 5.60. The van der Waals surface area contributed by atoms with Gasteiger partial charge in [-0.05, 0) is 16.7 Å². The molecule has 0 saturated carbocycles. The number of aliphatic hydroxyl groups excluding tert-OH is 1. The lowest BCUT2D eigenvalue weighted by molar-refractivity contribution is 0.145. The van der Waals surface area contributed by atoms with Gasteiger partial charge < -0.3 is 5.11 Å². The Morgan fingerprint density at radius 3 is 1.22 bits per heavy atom. The molecule has 0 aliphatic heterocycles. The predicted octanol–water partition coefficient (Wildman–Crippen LogP) is 4.31. The molecule has 0 unspecified atom stereocenters. The van der Waals surface area contributed by atoms with Crippen LogP contribution in [0.3, 0.4) is 0 Å². The summed E-state index contributed by atoms with van der Waals surface area (Å²) in [5, 5.41) is 11.1. The van der Waals surface area contributed by atoms with E-state index >= 15 is 0 Å². The van der Waals surface area contributed by atoms with E-state index in [0.717, 1.165) is 16.7 Å². The van der Waals surface area contributed by atoms with E-state index in [4.69, 9.17) is 0 Å². The van der Waals surface area contributed by atoms with Gasteiger partial charge >= 0.3 is 0 Å².